The van der Waals surface area contributed by atoms with Crippen molar-refractivity contribution < 1.29 is 19.4 Å². The number of aliphatic hydroxyl groups is 1. The third-order valence-corrected chi connectivity index (χ3v) is 4.26. The summed E-state index contributed by atoms with van der Waals surface area (Å²) in [5.41, 5.74) is 0.294. The zero-order chi connectivity index (χ0) is 15.3. The molecule has 2 N–H and O–H groups in total. The van der Waals surface area contributed by atoms with Gasteiger partial charge in [0.15, 0.2) is 11.5 Å². The molecule has 0 aromatic heterocycles. The molecule has 1 aromatic carbocycles. The Morgan fingerprint density at radius 3 is 2.52 bits per heavy atom. The Hall–Kier alpha value is -1.75. The van der Waals surface area contributed by atoms with Crippen molar-refractivity contribution in [3.05, 3.63) is 23.8 Å². The zero-order valence-electron chi connectivity index (χ0n) is 12.6. The average Bonchev–Trinajstić information content (AvgIpc) is 2.56. The Morgan fingerprint density at radius 2 is 1.90 bits per heavy atom. The average molecular weight is 293 g/mol. The Bertz CT molecular complexity index is 489. The molecule has 1 aliphatic rings. The van der Waals surface area contributed by atoms with E-state index in [4.69, 9.17) is 9.47 Å². The van der Waals surface area contributed by atoms with Gasteiger partial charge in [-0.15, -0.1) is 0 Å². The maximum absolute atomic E-state index is 12.2. The van der Waals surface area contributed by atoms with Gasteiger partial charge in [0.05, 0.1) is 6.61 Å². The van der Waals surface area contributed by atoms with E-state index in [0.717, 1.165) is 12.8 Å². The van der Waals surface area contributed by atoms with Gasteiger partial charge in [-0.1, -0.05) is 13.8 Å². The number of hydrogen-bond donors (Lipinski definition) is 2. The second kappa shape index (κ2) is 6.80. The minimum absolute atomic E-state index is 0.0709. The minimum atomic E-state index is -0.247. The summed E-state index contributed by atoms with van der Waals surface area (Å²) in [5.74, 6) is 1.12. The smallest absolute Gasteiger partial charge is 0.251 e. The van der Waals surface area contributed by atoms with Gasteiger partial charge in [0.1, 0.15) is 13.2 Å². The van der Waals surface area contributed by atoms with Crippen LogP contribution >= 0.6 is 0 Å². The molecule has 0 saturated heterocycles. The summed E-state index contributed by atoms with van der Waals surface area (Å²) in [6.45, 7) is 5.61. The van der Waals surface area contributed by atoms with Crippen molar-refractivity contribution in [1.29, 1.82) is 0 Å². The van der Waals surface area contributed by atoms with Crippen LogP contribution in [0.25, 0.3) is 0 Å². The zero-order valence-corrected chi connectivity index (χ0v) is 12.6. The molecule has 0 bridgehead atoms. The second-order valence-electron chi connectivity index (χ2n) is 5.41. The monoisotopic (exact) mass is 293 g/mol. The van der Waals surface area contributed by atoms with Crippen molar-refractivity contribution in [1.82, 2.24) is 5.32 Å². The number of carbonyl (C=O) groups excluding carboxylic acids is 1. The number of carbonyl (C=O) groups is 1. The van der Waals surface area contributed by atoms with Crippen molar-refractivity contribution in [2.24, 2.45) is 5.41 Å². The highest BCUT2D eigenvalue weighted by Gasteiger charge is 2.26. The summed E-state index contributed by atoms with van der Waals surface area (Å²) < 4.78 is 10.9. The molecule has 5 nitrogen and oxygen atoms in total. The molecule has 5 heteroatoms. The normalized spacial score (nSPS) is 13.9. The van der Waals surface area contributed by atoms with Crippen molar-refractivity contribution in [2.45, 2.75) is 26.7 Å². The lowest BCUT2D eigenvalue weighted by atomic mass is 9.83. The molecule has 0 atom stereocenters. The van der Waals surface area contributed by atoms with Crippen LogP contribution in [0.4, 0.5) is 0 Å². The van der Waals surface area contributed by atoms with E-state index in [1.807, 2.05) is 13.8 Å². The molecule has 0 radical (unpaired) electrons. The maximum Gasteiger partial charge on any atom is 0.251 e. The topological polar surface area (TPSA) is 67.8 Å². The van der Waals surface area contributed by atoms with Crippen LogP contribution in [0.3, 0.4) is 0 Å². The van der Waals surface area contributed by atoms with E-state index in [1.54, 1.807) is 18.2 Å². The lowest BCUT2D eigenvalue weighted by Crippen LogP contribution is -2.39. The third kappa shape index (κ3) is 3.47. The van der Waals surface area contributed by atoms with Crippen LogP contribution in [0.5, 0.6) is 11.5 Å². The van der Waals surface area contributed by atoms with E-state index in [-0.39, 0.29) is 17.9 Å². The van der Waals surface area contributed by atoms with E-state index in [2.05, 4.69) is 5.32 Å². The fourth-order valence-corrected chi connectivity index (χ4v) is 2.33. The molecular formula is C16H23NO4. The largest absolute Gasteiger partial charge is 0.486 e. The van der Waals surface area contributed by atoms with Crippen LogP contribution in [0.15, 0.2) is 18.2 Å². The van der Waals surface area contributed by atoms with E-state index in [1.165, 1.54) is 0 Å². The first kappa shape index (κ1) is 15.6. The van der Waals surface area contributed by atoms with Crippen molar-refractivity contribution in [3.8, 4) is 11.5 Å². The van der Waals surface area contributed by atoms with Gasteiger partial charge in [0.2, 0.25) is 0 Å². The Balaban J connectivity index is 2.03. The van der Waals surface area contributed by atoms with Crippen LogP contribution in [-0.4, -0.2) is 37.4 Å². The number of benzene rings is 1. The van der Waals surface area contributed by atoms with Gasteiger partial charge in [-0.3, -0.25) is 4.79 Å². The molecular weight excluding hydrogens is 270 g/mol. The number of amides is 1. The number of aliphatic hydroxyl groups excluding tert-OH is 1. The first-order valence-electron chi connectivity index (χ1n) is 7.43. The standard InChI is InChI=1S/C16H23NO4/c1-3-16(4-2,11-18)10-17-15(19)12-5-6-13-14(9-12)21-8-7-20-13/h5-6,9,18H,3-4,7-8,10-11H2,1-2H3,(H,17,19). The predicted molar refractivity (Wildman–Crippen MR) is 79.9 cm³/mol. The first-order valence-corrected chi connectivity index (χ1v) is 7.43. The summed E-state index contributed by atoms with van der Waals surface area (Å²) in [7, 11) is 0. The van der Waals surface area contributed by atoms with Crippen LogP contribution in [0.2, 0.25) is 0 Å². The number of ether oxygens (including phenoxy) is 2. The summed E-state index contributed by atoms with van der Waals surface area (Å²) in [4.78, 5) is 12.2. The number of rotatable bonds is 6. The van der Waals surface area contributed by atoms with E-state index >= 15 is 0 Å². The molecule has 1 aromatic rings. The van der Waals surface area contributed by atoms with E-state index < -0.39 is 0 Å². The molecule has 0 saturated carbocycles. The summed E-state index contributed by atoms with van der Waals surface area (Å²) in [5, 5.41) is 12.4. The summed E-state index contributed by atoms with van der Waals surface area (Å²) in [6.07, 6.45) is 1.64. The SMILES string of the molecule is CCC(CC)(CO)CNC(=O)c1ccc2c(c1)OCCO2. The van der Waals surface area contributed by atoms with Crippen LogP contribution in [0, 0.1) is 5.41 Å². The molecule has 1 amide bonds. The summed E-state index contributed by atoms with van der Waals surface area (Å²) in [6, 6.07) is 5.17. The van der Waals surface area contributed by atoms with Gasteiger partial charge in [-0.25, -0.2) is 0 Å². The summed E-state index contributed by atoms with van der Waals surface area (Å²) >= 11 is 0. The number of nitrogens with one attached hydrogen (secondary N) is 1. The van der Waals surface area contributed by atoms with Crippen LogP contribution in [-0.2, 0) is 0 Å². The fourth-order valence-electron chi connectivity index (χ4n) is 2.33. The predicted octanol–water partition coefficient (Wildman–Crippen LogP) is 1.99. The Kier molecular flexibility index (Phi) is 5.07. The second-order valence-corrected chi connectivity index (χ2v) is 5.41. The fraction of sp³-hybridized carbons (Fsp3) is 0.562. The molecule has 1 aliphatic heterocycles. The van der Waals surface area contributed by atoms with Gasteiger partial charge in [-0.05, 0) is 31.0 Å². The van der Waals surface area contributed by atoms with Crippen molar-refractivity contribution in [2.75, 3.05) is 26.4 Å². The molecule has 0 fully saturated rings. The molecule has 0 unspecified atom stereocenters. The molecule has 1 heterocycles. The number of fused-ring (bicyclic) bond motifs is 1. The van der Waals surface area contributed by atoms with Gasteiger partial charge < -0.3 is 19.9 Å². The van der Waals surface area contributed by atoms with Crippen LogP contribution < -0.4 is 14.8 Å². The molecule has 0 spiro atoms. The highest BCUT2D eigenvalue weighted by molar-refractivity contribution is 5.94. The lowest BCUT2D eigenvalue weighted by Gasteiger charge is -2.29. The van der Waals surface area contributed by atoms with Crippen LogP contribution in [0.1, 0.15) is 37.0 Å². The lowest BCUT2D eigenvalue weighted by molar-refractivity contribution is 0.0850. The molecule has 2 rings (SSSR count). The van der Waals surface area contributed by atoms with E-state index in [9.17, 15) is 9.90 Å². The minimum Gasteiger partial charge on any atom is -0.486 e. The molecule has 116 valence electrons. The number of hydrogen-bond acceptors (Lipinski definition) is 4. The first-order chi connectivity index (χ1) is 10.1. The Morgan fingerprint density at radius 1 is 1.24 bits per heavy atom. The van der Waals surface area contributed by atoms with Gasteiger partial charge in [0, 0.05) is 17.5 Å². The van der Waals surface area contributed by atoms with Gasteiger partial charge >= 0.3 is 0 Å². The van der Waals surface area contributed by atoms with E-state index in [0.29, 0.717) is 36.8 Å². The molecule has 0 aliphatic carbocycles. The van der Waals surface area contributed by atoms with Crippen molar-refractivity contribution in [3.63, 3.8) is 0 Å². The van der Waals surface area contributed by atoms with Gasteiger partial charge in [-0.2, -0.15) is 0 Å². The third-order valence-electron chi connectivity index (χ3n) is 4.26. The quantitative estimate of drug-likeness (QED) is 0.841. The Labute approximate surface area is 125 Å². The highest BCUT2D eigenvalue weighted by atomic mass is 16.6. The maximum atomic E-state index is 12.2. The van der Waals surface area contributed by atoms with Gasteiger partial charge in [0.25, 0.3) is 5.91 Å². The molecule has 21 heavy (non-hydrogen) atoms. The van der Waals surface area contributed by atoms with Crippen molar-refractivity contribution >= 4 is 5.91 Å². The highest BCUT2D eigenvalue weighted by Crippen LogP contribution is 2.31.